The molecule has 0 aliphatic heterocycles. The molecule has 0 atom stereocenters. The van der Waals surface area contributed by atoms with Gasteiger partial charge in [0.2, 0.25) is 0 Å². The van der Waals surface area contributed by atoms with Gasteiger partial charge >= 0.3 is 48.9 Å². The zero-order chi connectivity index (χ0) is 2.71. The Morgan fingerprint density at radius 2 is 1.50 bits per heavy atom. The molecule has 0 rings (SSSR count). The fraction of sp³-hybridized carbons (Fsp3) is 0. The van der Waals surface area contributed by atoms with Crippen molar-refractivity contribution >= 4 is 48.9 Å². The van der Waals surface area contributed by atoms with E-state index in [-0.39, 0.29) is 51.7 Å². The molecule has 4 heteroatoms. The molecule has 0 unspecified atom stereocenters. The van der Waals surface area contributed by atoms with Gasteiger partial charge in [-0.15, -0.1) is 0 Å². The summed E-state index contributed by atoms with van der Waals surface area (Å²) in [7, 11) is 0. The summed E-state index contributed by atoms with van der Waals surface area (Å²) >= 11 is 0. The molecule has 0 fully saturated rings. The van der Waals surface area contributed by atoms with Crippen molar-refractivity contribution < 1.29 is 18.4 Å². The van der Waals surface area contributed by atoms with Crippen LogP contribution in [0.3, 0.4) is 0 Å². The van der Waals surface area contributed by atoms with Crippen molar-refractivity contribution in [2.24, 2.45) is 0 Å². The largest absolute Gasteiger partial charge is 2.00 e. The normalized spacial score (nSPS) is 4.50. The Labute approximate surface area is 66.5 Å². The third-order valence-corrected chi connectivity index (χ3v) is 0. The topological polar surface area (TPSA) is 49.7 Å². The first-order valence-corrected chi connectivity index (χ1v) is 0.365. The van der Waals surface area contributed by atoms with Crippen LogP contribution in [-0.2, 0) is 5.04 Å². The maximum absolute atomic E-state index is 6.62. The van der Waals surface area contributed by atoms with E-state index in [0.29, 0.717) is 0 Å². The molecule has 0 amide bonds. The molecule has 0 aliphatic rings. The van der Waals surface area contributed by atoms with Crippen molar-refractivity contribution in [2.75, 3.05) is 0 Å². The van der Waals surface area contributed by atoms with Gasteiger partial charge in [0, 0.05) is 0 Å². The molecule has 0 aliphatic carbocycles. The summed E-state index contributed by atoms with van der Waals surface area (Å²) in [5, 5.41) is 15.5. The van der Waals surface area contributed by atoms with Crippen molar-refractivity contribution in [3.05, 3.63) is 0 Å². The molecule has 2 N–H and O–H groups in total. The second kappa shape index (κ2) is 8.82. The van der Waals surface area contributed by atoms with Crippen LogP contribution in [0.15, 0.2) is 0 Å². The molecule has 0 saturated carbocycles. The van der Waals surface area contributed by atoms with Crippen LogP contribution in [0.5, 0.6) is 0 Å². The van der Waals surface area contributed by atoms with Gasteiger partial charge in [-0.1, -0.05) is 5.04 Å². The van der Waals surface area contributed by atoms with Gasteiger partial charge in [-0.2, -0.15) is 0 Å². The van der Waals surface area contributed by atoms with Crippen molar-refractivity contribution in [1.29, 1.82) is 0 Å². The van der Waals surface area contributed by atoms with E-state index in [2.05, 4.69) is 5.04 Å². The van der Waals surface area contributed by atoms with Crippen molar-refractivity contribution in [3.8, 4) is 0 Å². The Morgan fingerprint density at radius 3 is 1.50 bits per heavy atom. The molecule has 0 aromatic rings. The number of hydrogen-bond acceptors (Lipinski definition) is 3. The van der Waals surface area contributed by atoms with Crippen LogP contribution in [-0.4, -0.2) is 59.4 Å². The summed E-state index contributed by atoms with van der Waals surface area (Å²) in [6.07, 6.45) is 0. The maximum Gasteiger partial charge on any atom is 2.00 e. The van der Waals surface area contributed by atoms with E-state index >= 15 is 0 Å². The van der Waals surface area contributed by atoms with Gasteiger partial charge in [0.1, 0.15) is 0 Å². The zero-order valence-electron chi connectivity index (χ0n) is 4.01. The Morgan fingerprint density at radius 1 is 1.50 bits per heavy atom. The minimum Gasteiger partial charge on any atom is -1.00 e. The van der Waals surface area contributed by atoms with E-state index in [9.17, 15) is 0 Å². The quantitative estimate of drug-likeness (QED) is 0.315. The molecule has 0 heterocycles. The summed E-state index contributed by atoms with van der Waals surface area (Å²) < 4.78 is 0. The van der Waals surface area contributed by atoms with Crippen LogP contribution >= 0.6 is 0 Å². The fourth-order valence-electron chi connectivity index (χ4n) is 0. The minimum absolute atomic E-state index is 0. The molecular weight excluding hydrogens is 185 g/mol. The van der Waals surface area contributed by atoms with Gasteiger partial charge in [0.25, 0.3) is 0 Å². The predicted molar refractivity (Wildman–Crippen MR) is 14.3 cm³/mol. The molecule has 0 spiro atoms. The van der Waals surface area contributed by atoms with Gasteiger partial charge in [-0.05, 0) is 0 Å². The van der Waals surface area contributed by atoms with Crippen LogP contribution in [0.25, 0.3) is 0 Å². The van der Waals surface area contributed by atoms with E-state index in [1.54, 1.807) is 0 Å². The third-order valence-electron chi connectivity index (χ3n) is 0. The standard InChI is InChI=1S/Ba.H2O3.2H/c;1-3-2;;/h;1-2H;;/q+2;;2*-1. The number of hydrogen-bond donors (Lipinski definition) is 2. The minimum atomic E-state index is 0. The fourth-order valence-corrected chi connectivity index (χ4v) is 0. The van der Waals surface area contributed by atoms with Crippen molar-refractivity contribution in [2.45, 2.75) is 0 Å². The van der Waals surface area contributed by atoms with Crippen molar-refractivity contribution in [3.63, 3.8) is 0 Å². The molecular formula is H4BaO3. The van der Waals surface area contributed by atoms with E-state index < -0.39 is 0 Å². The van der Waals surface area contributed by atoms with Crippen LogP contribution in [0.4, 0.5) is 0 Å². The van der Waals surface area contributed by atoms with E-state index in [1.807, 2.05) is 0 Å². The van der Waals surface area contributed by atoms with E-state index in [0.717, 1.165) is 0 Å². The average molecular weight is 189 g/mol. The van der Waals surface area contributed by atoms with E-state index in [1.165, 1.54) is 0 Å². The van der Waals surface area contributed by atoms with Gasteiger partial charge < -0.3 is 2.85 Å². The summed E-state index contributed by atoms with van der Waals surface area (Å²) in [5.41, 5.74) is 0. The smallest absolute Gasteiger partial charge is 1.00 e. The van der Waals surface area contributed by atoms with Crippen LogP contribution in [0.1, 0.15) is 2.85 Å². The Bertz CT molecular complexity index is 8.75. The number of rotatable bonds is 0. The first-order chi connectivity index (χ1) is 1.41. The molecule has 4 heavy (non-hydrogen) atoms. The molecule has 24 valence electrons. The average Bonchev–Trinajstić information content (AvgIpc) is 0.918. The Balaban J connectivity index is -0.00000000667. The van der Waals surface area contributed by atoms with Crippen molar-refractivity contribution in [1.82, 2.24) is 0 Å². The summed E-state index contributed by atoms with van der Waals surface area (Å²) in [5.74, 6) is 0. The summed E-state index contributed by atoms with van der Waals surface area (Å²) in [4.78, 5) is 0. The Kier molecular flexibility index (Phi) is 20.0. The monoisotopic (exact) mass is 190 g/mol. The molecule has 0 bridgehead atoms. The van der Waals surface area contributed by atoms with Crippen LogP contribution in [0, 0.1) is 0 Å². The third kappa shape index (κ3) is 9.85. The van der Waals surface area contributed by atoms with Gasteiger partial charge in [-0.3, -0.25) is 0 Å². The molecule has 3 nitrogen and oxygen atoms in total. The molecule has 0 aromatic carbocycles. The Hall–Kier alpha value is 1.45. The second-order valence-electron chi connectivity index (χ2n) is 0.0816. The molecule has 0 saturated heterocycles. The predicted octanol–water partition coefficient (Wildman–Crippen LogP) is -0.207. The SMILES string of the molecule is OOO.[Ba+2].[H-].[H-]. The molecule has 0 radical (unpaired) electrons. The zero-order valence-corrected chi connectivity index (χ0v) is 6.45. The van der Waals surface area contributed by atoms with Gasteiger partial charge in [-0.25, -0.2) is 10.5 Å². The molecule has 0 aromatic heterocycles. The van der Waals surface area contributed by atoms with Crippen LogP contribution in [0.2, 0.25) is 0 Å². The first kappa shape index (κ1) is 9.07. The summed E-state index contributed by atoms with van der Waals surface area (Å²) in [6.45, 7) is 0. The van der Waals surface area contributed by atoms with Crippen LogP contribution < -0.4 is 0 Å². The van der Waals surface area contributed by atoms with Gasteiger partial charge in [0.05, 0.1) is 0 Å². The van der Waals surface area contributed by atoms with E-state index in [4.69, 9.17) is 10.5 Å². The second-order valence-corrected chi connectivity index (χ2v) is 0.0816. The first-order valence-electron chi connectivity index (χ1n) is 0.365. The summed E-state index contributed by atoms with van der Waals surface area (Å²) in [6, 6.07) is 0. The van der Waals surface area contributed by atoms with Gasteiger partial charge in [0.15, 0.2) is 0 Å². The maximum atomic E-state index is 6.62.